The molecule has 0 aliphatic carbocycles. The minimum Gasteiger partial charge on any atom is -0.457 e. The molecular formula is C24H21BrN2O3. The third kappa shape index (κ3) is 4.71. The van der Waals surface area contributed by atoms with Gasteiger partial charge in [0.2, 0.25) is 11.8 Å². The highest BCUT2D eigenvalue weighted by atomic mass is 79.9. The molecule has 6 heteroatoms. The summed E-state index contributed by atoms with van der Waals surface area (Å²) in [6.07, 6.45) is 0.205. The Bertz CT molecular complexity index is 1060. The van der Waals surface area contributed by atoms with Crippen LogP contribution in [0.4, 0.5) is 11.4 Å². The third-order valence-corrected chi connectivity index (χ3v) is 5.51. The molecule has 0 unspecified atom stereocenters. The molecule has 4 rings (SSSR count). The number of aryl methyl sites for hydroxylation is 1. The van der Waals surface area contributed by atoms with Crippen molar-refractivity contribution in [3.8, 4) is 11.5 Å². The predicted octanol–water partition coefficient (Wildman–Crippen LogP) is 5.54. The number of amides is 2. The first kappa shape index (κ1) is 20.2. The van der Waals surface area contributed by atoms with E-state index in [2.05, 4.69) is 21.2 Å². The van der Waals surface area contributed by atoms with Gasteiger partial charge in [-0.1, -0.05) is 28.1 Å². The normalized spacial score (nSPS) is 15.9. The maximum absolute atomic E-state index is 12.7. The molecule has 0 saturated carbocycles. The zero-order valence-electron chi connectivity index (χ0n) is 16.5. The van der Waals surface area contributed by atoms with Crippen LogP contribution in [0.25, 0.3) is 0 Å². The van der Waals surface area contributed by atoms with Crippen LogP contribution in [0, 0.1) is 12.8 Å². The minimum atomic E-state index is -0.385. The van der Waals surface area contributed by atoms with E-state index in [-0.39, 0.29) is 24.2 Å². The summed E-state index contributed by atoms with van der Waals surface area (Å²) in [5.74, 6) is 0.874. The number of hydrogen-bond donors (Lipinski definition) is 1. The molecule has 1 aliphatic rings. The Labute approximate surface area is 183 Å². The molecule has 30 heavy (non-hydrogen) atoms. The van der Waals surface area contributed by atoms with Gasteiger partial charge in [-0.25, -0.2) is 0 Å². The molecule has 1 saturated heterocycles. The number of nitrogens with one attached hydrogen (secondary N) is 1. The van der Waals surface area contributed by atoms with Gasteiger partial charge in [-0.3, -0.25) is 9.59 Å². The van der Waals surface area contributed by atoms with Crippen molar-refractivity contribution in [2.24, 2.45) is 5.92 Å². The molecule has 1 fully saturated rings. The van der Waals surface area contributed by atoms with Crippen molar-refractivity contribution in [1.29, 1.82) is 0 Å². The van der Waals surface area contributed by atoms with E-state index in [1.54, 1.807) is 17.0 Å². The molecule has 5 nitrogen and oxygen atoms in total. The fourth-order valence-electron chi connectivity index (χ4n) is 3.42. The van der Waals surface area contributed by atoms with Crippen LogP contribution in [0.5, 0.6) is 11.5 Å². The van der Waals surface area contributed by atoms with Gasteiger partial charge in [-0.15, -0.1) is 0 Å². The highest BCUT2D eigenvalue weighted by Gasteiger charge is 2.35. The van der Waals surface area contributed by atoms with E-state index in [9.17, 15) is 9.59 Å². The predicted molar refractivity (Wildman–Crippen MR) is 121 cm³/mol. The minimum absolute atomic E-state index is 0.0422. The summed E-state index contributed by atoms with van der Waals surface area (Å²) in [5, 5.41) is 2.90. The maximum Gasteiger partial charge on any atom is 0.229 e. The Morgan fingerprint density at radius 3 is 2.47 bits per heavy atom. The molecule has 3 aromatic rings. The van der Waals surface area contributed by atoms with Gasteiger partial charge < -0.3 is 15.0 Å². The van der Waals surface area contributed by atoms with Crippen molar-refractivity contribution < 1.29 is 14.3 Å². The van der Waals surface area contributed by atoms with Gasteiger partial charge in [0.1, 0.15) is 11.5 Å². The zero-order chi connectivity index (χ0) is 21.1. The summed E-state index contributed by atoms with van der Waals surface area (Å²) in [4.78, 5) is 26.7. The fourth-order valence-corrected chi connectivity index (χ4v) is 3.68. The van der Waals surface area contributed by atoms with E-state index >= 15 is 0 Å². The van der Waals surface area contributed by atoms with Gasteiger partial charge in [0.25, 0.3) is 0 Å². The molecule has 1 heterocycles. The summed E-state index contributed by atoms with van der Waals surface area (Å²) in [7, 11) is 0. The molecule has 0 bridgehead atoms. The first-order valence-corrected chi connectivity index (χ1v) is 10.5. The van der Waals surface area contributed by atoms with E-state index in [0.717, 1.165) is 21.5 Å². The number of nitrogens with zero attached hydrogens (tertiary/aromatic N) is 1. The van der Waals surface area contributed by atoms with Crippen LogP contribution < -0.4 is 15.0 Å². The topological polar surface area (TPSA) is 58.6 Å². The standard InChI is InChI=1S/C24H21BrN2O3/c1-16-3-2-4-22(13-16)30-21-11-7-19(8-12-21)26-24(29)17-14-23(28)27(15-17)20-9-5-18(25)6-10-20/h2-13,17H,14-15H2,1H3,(H,26,29)/t17-/m0/s1. The zero-order valence-corrected chi connectivity index (χ0v) is 18.1. The number of halogens is 1. The second-order valence-electron chi connectivity index (χ2n) is 7.31. The molecule has 1 N–H and O–H groups in total. The lowest BCUT2D eigenvalue weighted by Crippen LogP contribution is -2.28. The number of benzene rings is 3. The van der Waals surface area contributed by atoms with E-state index in [1.165, 1.54) is 0 Å². The number of ether oxygens (including phenoxy) is 1. The Kier molecular flexibility index (Phi) is 5.86. The molecule has 3 aromatic carbocycles. The van der Waals surface area contributed by atoms with Crippen molar-refractivity contribution in [2.45, 2.75) is 13.3 Å². The lowest BCUT2D eigenvalue weighted by molar-refractivity contribution is -0.122. The van der Waals surface area contributed by atoms with Crippen LogP contribution in [-0.4, -0.2) is 18.4 Å². The largest absolute Gasteiger partial charge is 0.457 e. The lowest BCUT2D eigenvalue weighted by atomic mass is 10.1. The molecule has 1 atom stereocenters. The van der Waals surface area contributed by atoms with Crippen LogP contribution in [0.2, 0.25) is 0 Å². The van der Waals surface area contributed by atoms with Crippen molar-refractivity contribution in [2.75, 3.05) is 16.8 Å². The second-order valence-corrected chi connectivity index (χ2v) is 8.23. The van der Waals surface area contributed by atoms with Crippen molar-refractivity contribution in [1.82, 2.24) is 0 Å². The smallest absolute Gasteiger partial charge is 0.229 e. The molecule has 1 aliphatic heterocycles. The number of anilines is 2. The Morgan fingerprint density at radius 2 is 1.77 bits per heavy atom. The summed E-state index contributed by atoms with van der Waals surface area (Å²) in [6.45, 7) is 2.39. The van der Waals surface area contributed by atoms with E-state index < -0.39 is 0 Å². The van der Waals surface area contributed by atoms with Gasteiger partial charge in [0.15, 0.2) is 0 Å². The number of rotatable bonds is 5. The molecule has 0 aromatic heterocycles. The Morgan fingerprint density at radius 1 is 1.03 bits per heavy atom. The summed E-state index contributed by atoms with van der Waals surface area (Å²) < 4.78 is 6.78. The second kappa shape index (κ2) is 8.71. The summed E-state index contributed by atoms with van der Waals surface area (Å²) in [6, 6.07) is 22.5. The van der Waals surface area contributed by atoms with Crippen LogP contribution >= 0.6 is 15.9 Å². The molecule has 152 valence electrons. The van der Waals surface area contributed by atoms with Crippen LogP contribution in [-0.2, 0) is 9.59 Å². The maximum atomic E-state index is 12.7. The summed E-state index contributed by atoms with van der Waals surface area (Å²) >= 11 is 3.39. The molecule has 0 radical (unpaired) electrons. The third-order valence-electron chi connectivity index (χ3n) is 4.98. The number of carbonyl (C=O) groups is 2. The van der Waals surface area contributed by atoms with Crippen LogP contribution in [0.1, 0.15) is 12.0 Å². The summed E-state index contributed by atoms with van der Waals surface area (Å²) in [5.41, 5.74) is 2.60. The molecule has 0 spiro atoms. The molecule has 2 amide bonds. The lowest BCUT2D eigenvalue weighted by Gasteiger charge is -2.17. The number of hydrogen-bond acceptors (Lipinski definition) is 3. The van der Waals surface area contributed by atoms with Gasteiger partial charge in [0.05, 0.1) is 5.92 Å². The Balaban J connectivity index is 1.37. The quantitative estimate of drug-likeness (QED) is 0.538. The average molecular weight is 465 g/mol. The van der Waals surface area contributed by atoms with Gasteiger partial charge in [-0.05, 0) is 73.2 Å². The SMILES string of the molecule is Cc1cccc(Oc2ccc(NC(=O)[C@H]3CC(=O)N(c4ccc(Br)cc4)C3)cc2)c1. The van der Waals surface area contributed by atoms with Crippen LogP contribution in [0.15, 0.2) is 77.3 Å². The monoisotopic (exact) mass is 464 g/mol. The van der Waals surface area contributed by atoms with E-state index in [1.807, 2.05) is 67.6 Å². The highest BCUT2D eigenvalue weighted by Crippen LogP contribution is 2.28. The van der Waals surface area contributed by atoms with Gasteiger partial charge in [0, 0.05) is 28.8 Å². The number of carbonyl (C=O) groups excluding carboxylic acids is 2. The van der Waals surface area contributed by atoms with Crippen molar-refractivity contribution >= 4 is 39.1 Å². The van der Waals surface area contributed by atoms with E-state index in [0.29, 0.717) is 18.0 Å². The van der Waals surface area contributed by atoms with Gasteiger partial charge >= 0.3 is 0 Å². The van der Waals surface area contributed by atoms with Crippen LogP contribution in [0.3, 0.4) is 0 Å². The molecular weight excluding hydrogens is 444 g/mol. The van der Waals surface area contributed by atoms with Crippen molar-refractivity contribution in [3.63, 3.8) is 0 Å². The highest BCUT2D eigenvalue weighted by molar-refractivity contribution is 9.10. The first-order chi connectivity index (χ1) is 14.5. The first-order valence-electron chi connectivity index (χ1n) is 9.69. The Hall–Kier alpha value is -3.12. The van der Waals surface area contributed by atoms with Gasteiger partial charge in [-0.2, -0.15) is 0 Å². The fraction of sp³-hybridized carbons (Fsp3) is 0.167. The average Bonchev–Trinajstić information content (AvgIpc) is 3.12. The van der Waals surface area contributed by atoms with Crippen molar-refractivity contribution in [3.05, 3.63) is 82.8 Å². The van der Waals surface area contributed by atoms with E-state index in [4.69, 9.17) is 4.74 Å².